The van der Waals surface area contributed by atoms with E-state index in [0.717, 1.165) is 15.6 Å². The summed E-state index contributed by atoms with van der Waals surface area (Å²) in [6, 6.07) is 10.2. The van der Waals surface area contributed by atoms with Gasteiger partial charge in [-0.25, -0.2) is 9.79 Å². The van der Waals surface area contributed by atoms with E-state index >= 15 is 0 Å². The molecule has 0 amide bonds. The second kappa shape index (κ2) is 10.4. The Morgan fingerprint density at radius 3 is 2.70 bits per heavy atom. The van der Waals surface area contributed by atoms with Crippen molar-refractivity contribution >= 4 is 39.3 Å². The van der Waals surface area contributed by atoms with Gasteiger partial charge in [0, 0.05) is 4.47 Å². The third-order valence-electron chi connectivity index (χ3n) is 5.86. The standard InChI is InChI=1S/C27H23BrN2O6S/c1-4-10-34-18-8-6-16(7-9-18)24-23(26(32)33-5-2)15(3)29-27-30(24)25(31)22(37-27)12-17-11-20-21(13-19(17)28)36-14-35-20/h4,6-9,11-13,24H,1,5,10,14H2,2-3H3/b22-12-/t24-/m0/s1. The Labute approximate surface area is 224 Å². The molecule has 0 saturated carbocycles. The van der Waals surface area contributed by atoms with Crippen molar-refractivity contribution in [1.29, 1.82) is 0 Å². The van der Waals surface area contributed by atoms with Crippen molar-refractivity contribution in [3.05, 3.63) is 95.6 Å². The first-order valence-electron chi connectivity index (χ1n) is 11.5. The predicted molar refractivity (Wildman–Crippen MR) is 143 cm³/mol. The fourth-order valence-electron chi connectivity index (χ4n) is 4.19. The maximum absolute atomic E-state index is 13.8. The number of thiazole rings is 1. The summed E-state index contributed by atoms with van der Waals surface area (Å²) in [7, 11) is 0. The van der Waals surface area contributed by atoms with Gasteiger partial charge in [0.1, 0.15) is 12.4 Å². The van der Waals surface area contributed by atoms with Gasteiger partial charge in [-0.15, -0.1) is 0 Å². The summed E-state index contributed by atoms with van der Waals surface area (Å²) in [6.07, 6.45) is 3.44. The number of carbonyl (C=O) groups excluding carboxylic acids is 1. The Morgan fingerprint density at radius 1 is 1.27 bits per heavy atom. The number of hydrogen-bond acceptors (Lipinski definition) is 8. The van der Waals surface area contributed by atoms with Crippen LogP contribution in [0.4, 0.5) is 0 Å². The van der Waals surface area contributed by atoms with Crippen molar-refractivity contribution in [3.8, 4) is 17.2 Å². The summed E-state index contributed by atoms with van der Waals surface area (Å²) in [5.74, 6) is 1.40. The second-order valence-corrected chi connectivity index (χ2v) is 10.1. The number of fused-ring (bicyclic) bond motifs is 2. The molecule has 8 nitrogen and oxygen atoms in total. The van der Waals surface area contributed by atoms with Gasteiger partial charge in [-0.2, -0.15) is 0 Å². The molecule has 0 fully saturated rings. The fourth-order valence-corrected chi connectivity index (χ4v) is 5.67. The van der Waals surface area contributed by atoms with E-state index in [4.69, 9.17) is 18.9 Å². The lowest BCUT2D eigenvalue weighted by atomic mass is 9.96. The number of rotatable bonds is 7. The molecule has 37 heavy (non-hydrogen) atoms. The lowest BCUT2D eigenvalue weighted by Crippen LogP contribution is -2.39. The van der Waals surface area contributed by atoms with Crippen LogP contribution in [0.1, 0.15) is 31.0 Å². The molecule has 0 aliphatic carbocycles. The number of hydrogen-bond donors (Lipinski definition) is 0. The molecule has 1 atom stereocenters. The van der Waals surface area contributed by atoms with Gasteiger partial charge in [0.2, 0.25) is 6.79 Å². The van der Waals surface area contributed by atoms with Crippen LogP contribution in [0.3, 0.4) is 0 Å². The van der Waals surface area contributed by atoms with Gasteiger partial charge in [0.05, 0.1) is 28.5 Å². The number of allylic oxidation sites excluding steroid dienone is 1. The summed E-state index contributed by atoms with van der Waals surface area (Å²) in [5, 5.41) is 0. The minimum Gasteiger partial charge on any atom is -0.490 e. The SMILES string of the molecule is C=CCOc1ccc([C@H]2C(C(=O)OCC)=C(C)N=c3s/c(=C\c4cc5c(cc4Br)OCO5)c(=O)n32)cc1. The molecule has 0 saturated heterocycles. The van der Waals surface area contributed by atoms with E-state index in [-0.39, 0.29) is 19.0 Å². The Kier molecular flexibility index (Phi) is 7.03. The van der Waals surface area contributed by atoms with Crippen LogP contribution in [0.15, 0.2) is 74.6 Å². The minimum atomic E-state index is -0.703. The number of benzene rings is 2. The van der Waals surface area contributed by atoms with Gasteiger partial charge in [-0.05, 0) is 55.3 Å². The zero-order chi connectivity index (χ0) is 26.1. The number of aromatic nitrogens is 1. The number of esters is 1. The molecule has 0 unspecified atom stereocenters. The van der Waals surface area contributed by atoms with E-state index in [2.05, 4.69) is 27.5 Å². The molecule has 2 aliphatic heterocycles. The predicted octanol–water partition coefficient (Wildman–Crippen LogP) is 3.85. The topological polar surface area (TPSA) is 88.4 Å². The van der Waals surface area contributed by atoms with Crippen molar-refractivity contribution in [2.24, 2.45) is 4.99 Å². The lowest BCUT2D eigenvalue weighted by molar-refractivity contribution is -0.139. The lowest BCUT2D eigenvalue weighted by Gasteiger charge is -2.24. The highest BCUT2D eigenvalue weighted by atomic mass is 79.9. The van der Waals surface area contributed by atoms with Gasteiger partial charge in [0.25, 0.3) is 5.56 Å². The first-order valence-corrected chi connectivity index (χ1v) is 13.1. The molecule has 0 spiro atoms. The smallest absolute Gasteiger partial charge is 0.338 e. The fraction of sp³-hybridized carbons (Fsp3) is 0.222. The molecule has 1 aromatic heterocycles. The maximum atomic E-state index is 13.8. The molecule has 5 rings (SSSR count). The van der Waals surface area contributed by atoms with Gasteiger partial charge in [-0.1, -0.05) is 52.1 Å². The van der Waals surface area contributed by atoms with Gasteiger partial charge < -0.3 is 18.9 Å². The third-order valence-corrected chi connectivity index (χ3v) is 7.53. The van der Waals surface area contributed by atoms with E-state index in [1.54, 1.807) is 42.7 Å². The maximum Gasteiger partial charge on any atom is 0.338 e. The Balaban J connectivity index is 1.66. The molecule has 3 heterocycles. The molecule has 2 aliphatic rings. The molecule has 0 bridgehead atoms. The molecule has 2 aromatic carbocycles. The average Bonchev–Trinajstić information content (AvgIpc) is 3.46. The largest absolute Gasteiger partial charge is 0.490 e. The second-order valence-electron chi connectivity index (χ2n) is 8.20. The monoisotopic (exact) mass is 582 g/mol. The third kappa shape index (κ3) is 4.74. The van der Waals surface area contributed by atoms with Crippen LogP contribution >= 0.6 is 27.3 Å². The first-order chi connectivity index (χ1) is 17.9. The first kappa shape index (κ1) is 25.0. The quantitative estimate of drug-likeness (QED) is 0.310. The van der Waals surface area contributed by atoms with Gasteiger partial charge >= 0.3 is 5.97 Å². The highest BCUT2D eigenvalue weighted by Gasteiger charge is 2.33. The average molecular weight is 583 g/mol. The summed E-state index contributed by atoms with van der Waals surface area (Å²) in [5.41, 5.74) is 2.06. The zero-order valence-corrected chi connectivity index (χ0v) is 22.6. The van der Waals surface area contributed by atoms with E-state index in [9.17, 15) is 9.59 Å². The summed E-state index contributed by atoms with van der Waals surface area (Å²) < 4.78 is 24.7. The number of nitrogens with zero attached hydrogens (tertiary/aromatic N) is 2. The molecule has 10 heteroatoms. The molecular weight excluding hydrogens is 560 g/mol. The van der Waals surface area contributed by atoms with Crippen LogP contribution in [-0.4, -0.2) is 30.5 Å². The van der Waals surface area contributed by atoms with Gasteiger partial charge in [0.15, 0.2) is 16.3 Å². The van der Waals surface area contributed by atoms with Crippen LogP contribution in [0, 0.1) is 0 Å². The number of halogens is 1. The number of ether oxygens (including phenoxy) is 4. The van der Waals surface area contributed by atoms with Crippen molar-refractivity contribution in [1.82, 2.24) is 4.57 Å². The summed E-state index contributed by atoms with van der Waals surface area (Å²) in [6.45, 7) is 7.90. The van der Waals surface area contributed by atoms with E-state index in [0.29, 0.717) is 44.5 Å². The van der Waals surface area contributed by atoms with Crippen LogP contribution in [0.25, 0.3) is 6.08 Å². The number of carbonyl (C=O) groups is 1. The summed E-state index contributed by atoms with van der Waals surface area (Å²) in [4.78, 5) is 31.9. The van der Waals surface area contributed by atoms with E-state index in [1.165, 1.54) is 11.3 Å². The highest BCUT2D eigenvalue weighted by Crippen LogP contribution is 2.37. The Bertz CT molecular complexity index is 1600. The van der Waals surface area contributed by atoms with Crippen LogP contribution in [-0.2, 0) is 9.53 Å². The van der Waals surface area contributed by atoms with Crippen molar-refractivity contribution in [2.75, 3.05) is 20.0 Å². The zero-order valence-electron chi connectivity index (χ0n) is 20.2. The van der Waals surface area contributed by atoms with Gasteiger partial charge in [-0.3, -0.25) is 9.36 Å². The molecule has 3 aromatic rings. The molecule has 0 radical (unpaired) electrons. The van der Waals surface area contributed by atoms with Crippen molar-refractivity contribution in [2.45, 2.75) is 19.9 Å². The molecule has 0 N–H and O–H groups in total. The Morgan fingerprint density at radius 2 is 2.00 bits per heavy atom. The van der Waals surface area contributed by atoms with Crippen molar-refractivity contribution < 1.29 is 23.7 Å². The van der Waals surface area contributed by atoms with E-state index < -0.39 is 12.0 Å². The van der Waals surface area contributed by atoms with Crippen molar-refractivity contribution in [3.63, 3.8) is 0 Å². The summed E-state index contributed by atoms with van der Waals surface area (Å²) >= 11 is 4.81. The molecular formula is C27H23BrN2O6S. The van der Waals surface area contributed by atoms with Crippen LogP contribution in [0.2, 0.25) is 0 Å². The minimum absolute atomic E-state index is 0.154. The highest BCUT2D eigenvalue weighted by molar-refractivity contribution is 9.10. The Hall–Kier alpha value is -3.63. The normalized spacial score (nSPS) is 16.3. The van der Waals surface area contributed by atoms with Crippen LogP contribution in [0.5, 0.6) is 17.2 Å². The van der Waals surface area contributed by atoms with E-state index in [1.807, 2.05) is 24.3 Å². The van der Waals surface area contributed by atoms with Crippen LogP contribution < -0.4 is 29.1 Å². The molecule has 190 valence electrons.